The highest BCUT2D eigenvalue weighted by molar-refractivity contribution is 6.07. The highest BCUT2D eigenvalue weighted by Crippen LogP contribution is 2.32. The van der Waals surface area contributed by atoms with Gasteiger partial charge in [-0.1, -0.05) is 24.3 Å². The molecule has 146 valence electrons. The molecule has 3 aromatic carbocycles. The van der Waals surface area contributed by atoms with E-state index >= 15 is 0 Å². The van der Waals surface area contributed by atoms with Crippen LogP contribution in [0.1, 0.15) is 17.3 Å². The van der Waals surface area contributed by atoms with E-state index in [0.717, 1.165) is 11.1 Å². The Hall–Kier alpha value is -3.80. The minimum Gasteiger partial charge on any atom is -0.495 e. The van der Waals surface area contributed by atoms with Crippen molar-refractivity contribution < 1.29 is 18.7 Å². The predicted molar refractivity (Wildman–Crippen MR) is 112 cm³/mol. The maximum absolute atomic E-state index is 12.9. The van der Waals surface area contributed by atoms with Gasteiger partial charge in [-0.25, -0.2) is 4.98 Å². The molecule has 0 saturated carbocycles. The van der Waals surface area contributed by atoms with Gasteiger partial charge in [0.15, 0.2) is 5.58 Å². The van der Waals surface area contributed by atoms with Crippen LogP contribution in [0.4, 0.5) is 5.69 Å². The number of hydrogen-bond donors (Lipinski definition) is 1. The molecule has 1 aromatic heterocycles. The van der Waals surface area contributed by atoms with E-state index < -0.39 is 0 Å². The summed E-state index contributed by atoms with van der Waals surface area (Å²) in [6, 6.07) is 20.1. The third-order valence-corrected chi connectivity index (χ3v) is 4.42. The minimum atomic E-state index is -0.290. The Bertz CT molecular complexity index is 1130. The van der Waals surface area contributed by atoms with Gasteiger partial charge in [0.1, 0.15) is 17.0 Å². The van der Waals surface area contributed by atoms with E-state index in [9.17, 15) is 4.79 Å². The van der Waals surface area contributed by atoms with Crippen LogP contribution in [-0.4, -0.2) is 24.6 Å². The van der Waals surface area contributed by atoms with Gasteiger partial charge >= 0.3 is 0 Å². The number of benzene rings is 3. The van der Waals surface area contributed by atoms with Crippen molar-refractivity contribution in [3.63, 3.8) is 0 Å². The highest BCUT2D eigenvalue weighted by Gasteiger charge is 2.16. The summed E-state index contributed by atoms with van der Waals surface area (Å²) < 4.78 is 16.8. The molecule has 4 rings (SSSR count). The van der Waals surface area contributed by atoms with Crippen LogP contribution in [0.3, 0.4) is 0 Å². The fourth-order valence-corrected chi connectivity index (χ4v) is 3.06. The fourth-order valence-electron chi connectivity index (χ4n) is 3.06. The minimum absolute atomic E-state index is 0.290. The molecule has 4 aromatic rings. The SMILES string of the molecule is CCOc1ccccc1C(=O)Nc1cc(-c2nc3ccccc3o2)ccc1OC. The van der Waals surface area contributed by atoms with E-state index in [1.807, 2.05) is 43.3 Å². The van der Waals surface area contributed by atoms with Crippen molar-refractivity contribution in [2.24, 2.45) is 0 Å². The zero-order chi connectivity index (χ0) is 20.2. The van der Waals surface area contributed by atoms with Gasteiger partial charge in [-0.2, -0.15) is 0 Å². The van der Waals surface area contributed by atoms with E-state index in [1.54, 1.807) is 37.4 Å². The first-order valence-electron chi connectivity index (χ1n) is 9.26. The monoisotopic (exact) mass is 388 g/mol. The molecule has 0 aliphatic carbocycles. The molecule has 0 aliphatic heterocycles. The Morgan fingerprint density at radius 3 is 2.62 bits per heavy atom. The summed E-state index contributed by atoms with van der Waals surface area (Å²) in [4.78, 5) is 17.4. The second-order valence-electron chi connectivity index (χ2n) is 6.29. The lowest BCUT2D eigenvalue weighted by atomic mass is 10.1. The maximum atomic E-state index is 12.9. The summed E-state index contributed by atoms with van der Waals surface area (Å²) in [5.74, 6) is 1.25. The second-order valence-corrected chi connectivity index (χ2v) is 6.29. The van der Waals surface area contributed by atoms with Crippen molar-refractivity contribution in [1.29, 1.82) is 0 Å². The molecule has 0 bridgehead atoms. The summed E-state index contributed by atoms with van der Waals surface area (Å²) in [6.07, 6.45) is 0. The molecule has 0 saturated heterocycles. The molecular weight excluding hydrogens is 368 g/mol. The summed E-state index contributed by atoms with van der Waals surface area (Å²) in [6.45, 7) is 2.35. The first kappa shape index (κ1) is 18.6. The lowest BCUT2D eigenvalue weighted by molar-refractivity contribution is 0.102. The van der Waals surface area contributed by atoms with Gasteiger partial charge < -0.3 is 19.2 Å². The van der Waals surface area contributed by atoms with E-state index in [1.165, 1.54) is 0 Å². The number of nitrogens with zero attached hydrogens (tertiary/aromatic N) is 1. The molecule has 6 nitrogen and oxygen atoms in total. The van der Waals surface area contributed by atoms with Crippen LogP contribution in [0.2, 0.25) is 0 Å². The summed E-state index contributed by atoms with van der Waals surface area (Å²) in [5.41, 5.74) is 3.17. The number of aromatic nitrogens is 1. The van der Waals surface area contributed by atoms with E-state index in [2.05, 4.69) is 10.3 Å². The molecule has 1 heterocycles. The fraction of sp³-hybridized carbons (Fsp3) is 0.130. The van der Waals surface area contributed by atoms with Gasteiger partial charge in [0, 0.05) is 5.56 Å². The Morgan fingerprint density at radius 2 is 1.83 bits per heavy atom. The third kappa shape index (κ3) is 3.78. The van der Waals surface area contributed by atoms with E-state index in [0.29, 0.717) is 40.8 Å². The molecule has 1 N–H and O–H groups in total. The molecule has 29 heavy (non-hydrogen) atoms. The molecule has 0 aliphatic rings. The smallest absolute Gasteiger partial charge is 0.259 e. The predicted octanol–water partition coefficient (Wildman–Crippen LogP) is 5.15. The van der Waals surface area contributed by atoms with Gasteiger partial charge in [-0.05, 0) is 49.4 Å². The first-order chi connectivity index (χ1) is 14.2. The van der Waals surface area contributed by atoms with Gasteiger partial charge in [-0.3, -0.25) is 4.79 Å². The average molecular weight is 388 g/mol. The number of para-hydroxylation sites is 3. The van der Waals surface area contributed by atoms with Crippen molar-refractivity contribution in [1.82, 2.24) is 4.98 Å². The first-order valence-corrected chi connectivity index (χ1v) is 9.26. The zero-order valence-electron chi connectivity index (χ0n) is 16.1. The molecule has 1 amide bonds. The second kappa shape index (κ2) is 8.06. The van der Waals surface area contributed by atoms with Crippen molar-refractivity contribution in [3.05, 3.63) is 72.3 Å². The van der Waals surface area contributed by atoms with Crippen LogP contribution in [0.5, 0.6) is 11.5 Å². The average Bonchev–Trinajstić information content (AvgIpc) is 3.18. The number of rotatable bonds is 6. The van der Waals surface area contributed by atoms with Crippen molar-refractivity contribution in [2.75, 3.05) is 19.0 Å². The normalized spacial score (nSPS) is 10.7. The summed E-state index contributed by atoms with van der Waals surface area (Å²) >= 11 is 0. The third-order valence-electron chi connectivity index (χ3n) is 4.42. The zero-order valence-corrected chi connectivity index (χ0v) is 16.1. The van der Waals surface area contributed by atoms with E-state index in [-0.39, 0.29) is 5.91 Å². The highest BCUT2D eigenvalue weighted by atomic mass is 16.5. The van der Waals surface area contributed by atoms with Crippen LogP contribution in [0.25, 0.3) is 22.6 Å². The summed E-state index contributed by atoms with van der Waals surface area (Å²) in [5, 5.41) is 2.91. The van der Waals surface area contributed by atoms with Crippen LogP contribution in [0.15, 0.2) is 71.1 Å². The van der Waals surface area contributed by atoms with Gasteiger partial charge in [0.2, 0.25) is 5.89 Å². The molecule has 0 spiro atoms. The van der Waals surface area contributed by atoms with Crippen molar-refractivity contribution in [2.45, 2.75) is 6.92 Å². The quantitative estimate of drug-likeness (QED) is 0.494. The van der Waals surface area contributed by atoms with Gasteiger partial charge in [0.25, 0.3) is 5.91 Å². The number of fused-ring (bicyclic) bond motifs is 1. The summed E-state index contributed by atoms with van der Waals surface area (Å²) in [7, 11) is 1.55. The number of amides is 1. The number of hydrogen-bond acceptors (Lipinski definition) is 5. The number of anilines is 1. The molecule has 0 unspecified atom stereocenters. The van der Waals surface area contributed by atoms with Crippen LogP contribution in [-0.2, 0) is 0 Å². The largest absolute Gasteiger partial charge is 0.495 e. The Kier molecular flexibility index (Phi) is 5.16. The molecular formula is C23H20N2O4. The van der Waals surface area contributed by atoms with Gasteiger partial charge in [-0.15, -0.1) is 0 Å². The lowest BCUT2D eigenvalue weighted by Gasteiger charge is -2.13. The number of carbonyl (C=O) groups is 1. The maximum Gasteiger partial charge on any atom is 0.259 e. The lowest BCUT2D eigenvalue weighted by Crippen LogP contribution is -2.14. The Balaban J connectivity index is 1.68. The number of nitrogens with one attached hydrogen (secondary N) is 1. The van der Waals surface area contributed by atoms with Gasteiger partial charge in [0.05, 0.1) is 25.0 Å². The number of carbonyl (C=O) groups excluding carboxylic acids is 1. The van der Waals surface area contributed by atoms with Crippen LogP contribution >= 0.6 is 0 Å². The standard InChI is InChI=1S/C23H20N2O4/c1-3-28-19-10-6-4-8-16(19)22(26)24-18-14-15(12-13-20(18)27-2)23-25-17-9-5-7-11-21(17)29-23/h4-14H,3H2,1-2H3,(H,24,26). The number of ether oxygens (including phenoxy) is 2. The van der Waals surface area contributed by atoms with Crippen molar-refractivity contribution >= 4 is 22.7 Å². The number of methoxy groups -OCH3 is 1. The van der Waals surface area contributed by atoms with Crippen LogP contribution < -0.4 is 14.8 Å². The molecule has 0 atom stereocenters. The Morgan fingerprint density at radius 1 is 1.03 bits per heavy atom. The Labute approximate surface area is 168 Å². The molecule has 0 radical (unpaired) electrons. The van der Waals surface area contributed by atoms with Crippen molar-refractivity contribution in [3.8, 4) is 23.0 Å². The van der Waals surface area contributed by atoms with E-state index in [4.69, 9.17) is 13.9 Å². The molecule has 0 fully saturated rings. The van der Waals surface area contributed by atoms with Crippen LogP contribution in [0, 0.1) is 0 Å². The topological polar surface area (TPSA) is 73.6 Å². The number of oxazole rings is 1. The molecule has 6 heteroatoms.